The number of anilines is 1. The van der Waals surface area contributed by atoms with E-state index < -0.39 is 0 Å². The third kappa shape index (κ3) is 2.53. The summed E-state index contributed by atoms with van der Waals surface area (Å²) in [4.78, 5) is 3.95. The standard InChI is InChI=1S/C11H11ClN2O2/c12-11-10(2-1-5-13-11)14-6-8-3-4-9(7-15)16-8/h1-5,14-15H,6-7H2. The van der Waals surface area contributed by atoms with Gasteiger partial charge in [-0.05, 0) is 24.3 Å². The normalized spacial score (nSPS) is 10.4. The Balaban J connectivity index is 1.99. The molecule has 2 rings (SSSR count). The molecule has 0 amide bonds. The second-order valence-corrected chi connectivity index (χ2v) is 3.58. The van der Waals surface area contributed by atoms with Gasteiger partial charge in [0.1, 0.15) is 18.1 Å². The Kier molecular flexibility index (Phi) is 3.44. The number of aromatic nitrogens is 1. The van der Waals surface area contributed by atoms with Gasteiger partial charge < -0.3 is 14.8 Å². The molecule has 0 aliphatic carbocycles. The van der Waals surface area contributed by atoms with Crippen molar-refractivity contribution in [3.63, 3.8) is 0 Å². The van der Waals surface area contributed by atoms with Crippen LogP contribution in [0.15, 0.2) is 34.9 Å². The Morgan fingerprint density at radius 2 is 2.12 bits per heavy atom. The molecule has 5 heteroatoms. The van der Waals surface area contributed by atoms with E-state index in [0.29, 0.717) is 17.5 Å². The van der Waals surface area contributed by atoms with Gasteiger partial charge in [-0.1, -0.05) is 11.6 Å². The Bertz CT molecular complexity index is 471. The molecule has 4 nitrogen and oxygen atoms in total. The quantitative estimate of drug-likeness (QED) is 0.804. The van der Waals surface area contributed by atoms with Gasteiger partial charge in [0.2, 0.25) is 0 Å². The Morgan fingerprint density at radius 1 is 1.31 bits per heavy atom. The minimum Gasteiger partial charge on any atom is -0.462 e. The SMILES string of the molecule is OCc1ccc(CNc2cccnc2Cl)o1. The van der Waals surface area contributed by atoms with Crippen molar-refractivity contribution >= 4 is 17.3 Å². The number of rotatable bonds is 4. The molecule has 0 spiro atoms. The van der Waals surface area contributed by atoms with Gasteiger partial charge in [0.05, 0.1) is 12.2 Å². The molecular formula is C11H11ClN2O2. The summed E-state index contributed by atoms with van der Waals surface area (Å²) in [5.74, 6) is 1.29. The van der Waals surface area contributed by atoms with Gasteiger partial charge in [-0.15, -0.1) is 0 Å². The average Bonchev–Trinajstić information content (AvgIpc) is 2.76. The summed E-state index contributed by atoms with van der Waals surface area (Å²) in [6.07, 6.45) is 1.63. The van der Waals surface area contributed by atoms with Crippen molar-refractivity contribution in [2.45, 2.75) is 13.2 Å². The highest BCUT2D eigenvalue weighted by Crippen LogP contribution is 2.18. The Labute approximate surface area is 97.9 Å². The van der Waals surface area contributed by atoms with Crippen LogP contribution >= 0.6 is 11.6 Å². The van der Waals surface area contributed by atoms with Crippen molar-refractivity contribution in [3.05, 3.63) is 47.1 Å². The summed E-state index contributed by atoms with van der Waals surface area (Å²) >= 11 is 5.88. The molecule has 84 valence electrons. The minimum atomic E-state index is -0.0896. The van der Waals surface area contributed by atoms with Crippen molar-refractivity contribution in [3.8, 4) is 0 Å². The van der Waals surface area contributed by atoms with Gasteiger partial charge >= 0.3 is 0 Å². The van der Waals surface area contributed by atoms with E-state index in [9.17, 15) is 0 Å². The van der Waals surface area contributed by atoms with E-state index in [1.807, 2.05) is 12.1 Å². The monoisotopic (exact) mass is 238 g/mol. The maximum Gasteiger partial charge on any atom is 0.152 e. The topological polar surface area (TPSA) is 58.3 Å². The van der Waals surface area contributed by atoms with Crippen LogP contribution in [0.5, 0.6) is 0 Å². The fourth-order valence-corrected chi connectivity index (χ4v) is 1.49. The zero-order chi connectivity index (χ0) is 11.4. The van der Waals surface area contributed by atoms with Crippen LogP contribution in [-0.4, -0.2) is 10.1 Å². The molecule has 16 heavy (non-hydrogen) atoms. The van der Waals surface area contributed by atoms with Crippen molar-refractivity contribution in [2.24, 2.45) is 0 Å². The lowest BCUT2D eigenvalue weighted by Gasteiger charge is -2.04. The van der Waals surface area contributed by atoms with Crippen LogP contribution in [0.2, 0.25) is 5.15 Å². The first kappa shape index (κ1) is 11.0. The molecule has 0 aromatic carbocycles. The van der Waals surface area contributed by atoms with Crippen LogP contribution in [0.3, 0.4) is 0 Å². The highest BCUT2D eigenvalue weighted by atomic mass is 35.5. The maximum absolute atomic E-state index is 8.84. The van der Waals surface area contributed by atoms with Crippen molar-refractivity contribution in [1.29, 1.82) is 0 Å². The van der Waals surface area contributed by atoms with E-state index in [-0.39, 0.29) is 6.61 Å². The Hall–Kier alpha value is -1.52. The molecule has 2 aromatic rings. The van der Waals surface area contributed by atoms with Crippen LogP contribution in [0, 0.1) is 0 Å². The van der Waals surface area contributed by atoms with Crippen LogP contribution < -0.4 is 5.32 Å². The van der Waals surface area contributed by atoms with Gasteiger partial charge in [-0.2, -0.15) is 0 Å². The fourth-order valence-electron chi connectivity index (χ4n) is 1.30. The van der Waals surface area contributed by atoms with Gasteiger partial charge in [-0.3, -0.25) is 0 Å². The molecule has 0 radical (unpaired) electrons. The second-order valence-electron chi connectivity index (χ2n) is 3.22. The summed E-state index contributed by atoms with van der Waals surface area (Å²) in [5.41, 5.74) is 0.756. The summed E-state index contributed by atoms with van der Waals surface area (Å²) in [6.45, 7) is 0.416. The van der Waals surface area contributed by atoms with Crippen LogP contribution in [0.25, 0.3) is 0 Å². The smallest absolute Gasteiger partial charge is 0.152 e. The van der Waals surface area contributed by atoms with Crippen LogP contribution in [0.4, 0.5) is 5.69 Å². The van der Waals surface area contributed by atoms with Crippen molar-refractivity contribution in [1.82, 2.24) is 4.98 Å². The fraction of sp³-hybridized carbons (Fsp3) is 0.182. The molecule has 0 fully saturated rings. The van der Waals surface area contributed by atoms with E-state index in [1.54, 1.807) is 18.3 Å². The second kappa shape index (κ2) is 5.01. The van der Waals surface area contributed by atoms with Gasteiger partial charge in [0.25, 0.3) is 0 Å². The zero-order valence-corrected chi connectivity index (χ0v) is 9.24. The predicted octanol–water partition coefficient (Wildman–Crippen LogP) is 2.43. The number of pyridine rings is 1. The van der Waals surface area contributed by atoms with Gasteiger partial charge in [0.15, 0.2) is 5.15 Å². The molecule has 2 heterocycles. The highest BCUT2D eigenvalue weighted by molar-refractivity contribution is 6.31. The third-order valence-electron chi connectivity index (χ3n) is 2.09. The number of hydrogen-bond donors (Lipinski definition) is 2. The number of hydrogen-bond acceptors (Lipinski definition) is 4. The lowest BCUT2D eigenvalue weighted by atomic mass is 10.4. The first-order chi connectivity index (χ1) is 7.79. The highest BCUT2D eigenvalue weighted by Gasteiger charge is 2.03. The molecule has 2 N–H and O–H groups in total. The van der Waals surface area contributed by atoms with E-state index in [4.69, 9.17) is 21.1 Å². The number of aliphatic hydroxyl groups is 1. The summed E-state index contributed by atoms with van der Waals surface area (Å²) in [6, 6.07) is 7.19. The molecular weight excluding hydrogens is 228 g/mol. The van der Waals surface area contributed by atoms with Crippen molar-refractivity contribution < 1.29 is 9.52 Å². The molecule has 0 aliphatic rings. The molecule has 0 aliphatic heterocycles. The van der Waals surface area contributed by atoms with Crippen LogP contribution in [0.1, 0.15) is 11.5 Å². The first-order valence-corrected chi connectivity index (χ1v) is 5.20. The van der Waals surface area contributed by atoms with Gasteiger partial charge in [0, 0.05) is 6.20 Å². The van der Waals surface area contributed by atoms with Crippen molar-refractivity contribution in [2.75, 3.05) is 5.32 Å². The first-order valence-electron chi connectivity index (χ1n) is 4.82. The molecule has 0 atom stereocenters. The molecule has 0 unspecified atom stereocenters. The summed E-state index contributed by atoms with van der Waals surface area (Å²) in [7, 11) is 0. The minimum absolute atomic E-state index is 0.0896. The van der Waals surface area contributed by atoms with Crippen LogP contribution in [-0.2, 0) is 13.2 Å². The number of halogens is 1. The van der Waals surface area contributed by atoms with E-state index in [2.05, 4.69) is 10.3 Å². The lowest BCUT2D eigenvalue weighted by Crippen LogP contribution is -1.99. The number of furan rings is 1. The predicted molar refractivity (Wildman–Crippen MR) is 61.2 cm³/mol. The zero-order valence-electron chi connectivity index (χ0n) is 8.48. The molecule has 0 saturated carbocycles. The van der Waals surface area contributed by atoms with E-state index in [0.717, 1.165) is 11.4 Å². The molecule has 0 bridgehead atoms. The summed E-state index contributed by atoms with van der Waals surface area (Å²) < 4.78 is 5.32. The summed E-state index contributed by atoms with van der Waals surface area (Å²) in [5, 5.41) is 12.4. The molecule has 2 aromatic heterocycles. The average molecular weight is 239 g/mol. The number of nitrogens with zero attached hydrogens (tertiary/aromatic N) is 1. The number of aliphatic hydroxyl groups excluding tert-OH is 1. The Morgan fingerprint density at radius 3 is 2.81 bits per heavy atom. The number of nitrogens with one attached hydrogen (secondary N) is 1. The van der Waals surface area contributed by atoms with E-state index >= 15 is 0 Å². The third-order valence-corrected chi connectivity index (χ3v) is 2.39. The maximum atomic E-state index is 8.84. The lowest BCUT2D eigenvalue weighted by molar-refractivity contribution is 0.244. The molecule has 0 saturated heterocycles. The van der Waals surface area contributed by atoms with E-state index in [1.165, 1.54) is 0 Å². The largest absolute Gasteiger partial charge is 0.462 e. The van der Waals surface area contributed by atoms with Gasteiger partial charge in [-0.25, -0.2) is 4.98 Å².